The molecule has 3 aromatic rings. The summed E-state index contributed by atoms with van der Waals surface area (Å²) in [5.41, 5.74) is 3.65. The normalized spacial score (nSPS) is 10.9. The van der Waals surface area contributed by atoms with Crippen molar-refractivity contribution in [2.45, 2.75) is 17.7 Å². The Balaban J connectivity index is 1.87. The number of aromatic nitrogens is 2. The zero-order chi connectivity index (χ0) is 12.4. The molecule has 0 N–H and O–H groups in total. The van der Waals surface area contributed by atoms with Crippen molar-refractivity contribution in [3.8, 4) is 0 Å². The third kappa shape index (κ3) is 2.26. The predicted molar refractivity (Wildman–Crippen MR) is 78.2 cm³/mol. The van der Waals surface area contributed by atoms with E-state index < -0.39 is 0 Å². The van der Waals surface area contributed by atoms with E-state index in [9.17, 15) is 0 Å². The average Bonchev–Trinajstić information content (AvgIpc) is 2.80. The Morgan fingerprint density at radius 2 is 2.00 bits per heavy atom. The summed E-state index contributed by atoms with van der Waals surface area (Å²) in [5.74, 6) is 0.948. The standard InChI is InChI=1S/C14H12N2S2/c1-10-7-17-13-12(10)15-9-16-14(13)18-8-11-5-3-2-4-6-11/h2-7,9H,8H2,1H3. The summed E-state index contributed by atoms with van der Waals surface area (Å²) in [6, 6.07) is 10.5. The molecule has 1 aromatic carbocycles. The number of fused-ring (bicyclic) bond motifs is 1. The molecule has 0 radical (unpaired) electrons. The number of benzene rings is 1. The molecule has 2 aromatic heterocycles. The summed E-state index contributed by atoms with van der Waals surface area (Å²) in [6.07, 6.45) is 1.66. The molecule has 0 amide bonds. The first-order chi connectivity index (χ1) is 8.84. The second-order valence-corrected chi connectivity index (χ2v) is 5.89. The van der Waals surface area contributed by atoms with Gasteiger partial charge in [-0.2, -0.15) is 0 Å². The molecule has 0 atom stereocenters. The van der Waals surface area contributed by atoms with E-state index in [0.29, 0.717) is 0 Å². The van der Waals surface area contributed by atoms with Gasteiger partial charge in [-0.05, 0) is 23.4 Å². The van der Waals surface area contributed by atoms with Crippen molar-refractivity contribution in [3.05, 3.63) is 53.2 Å². The van der Waals surface area contributed by atoms with Crippen molar-refractivity contribution in [3.63, 3.8) is 0 Å². The zero-order valence-electron chi connectivity index (χ0n) is 9.96. The number of thiophene rings is 1. The van der Waals surface area contributed by atoms with E-state index in [2.05, 4.69) is 46.5 Å². The van der Waals surface area contributed by atoms with E-state index in [0.717, 1.165) is 16.3 Å². The molecule has 0 fully saturated rings. The van der Waals surface area contributed by atoms with Crippen LogP contribution in [0.3, 0.4) is 0 Å². The minimum absolute atomic E-state index is 0.948. The monoisotopic (exact) mass is 272 g/mol. The van der Waals surface area contributed by atoms with Crippen LogP contribution in [0.25, 0.3) is 10.2 Å². The molecule has 0 saturated heterocycles. The molecule has 4 heteroatoms. The Hall–Kier alpha value is -1.39. The third-order valence-electron chi connectivity index (χ3n) is 2.72. The number of thioether (sulfide) groups is 1. The Morgan fingerprint density at radius 3 is 2.83 bits per heavy atom. The fraction of sp³-hybridized carbons (Fsp3) is 0.143. The van der Waals surface area contributed by atoms with Gasteiger partial charge in [-0.1, -0.05) is 30.3 Å². The van der Waals surface area contributed by atoms with Gasteiger partial charge >= 0.3 is 0 Å². The average molecular weight is 272 g/mol. The van der Waals surface area contributed by atoms with Crippen LogP contribution in [0.1, 0.15) is 11.1 Å². The van der Waals surface area contributed by atoms with Crippen LogP contribution in [0.4, 0.5) is 0 Å². The highest BCUT2D eigenvalue weighted by Crippen LogP contribution is 2.32. The molecule has 0 aliphatic heterocycles. The van der Waals surface area contributed by atoms with Gasteiger partial charge in [0.05, 0.1) is 10.2 Å². The maximum Gasteiger partial charge on any atom is 0.118 e. The minimum Gasteiger partial charge on any atom is -0.235 e. The quantitative estimate of drug-likeness (QED) is 0.525. The van der Waals surface area contributed by atoms with Crippen LogP contribution in [-0.4, -0.2) is 9.97 Å². The fourth-order valence-corrected chi connectivity index (χ4v) is 3.83. The van der Waals surface area contributed by atoms with E-state index in [1.807, 2.05) is 6.07 Å². The van der Waals surface area contributed by atoms with Crippen molar-refractivity contribution in [2.75, 3.05) is 0 Å². The molecular formula is C14H12N2S2. The number of nitrogens with zero attached hydrogens (tertiary/aromatic N) is 2. The number of rotatable bonds is 3. The molecule has 90 valence electrons. The lowest BCUT2D eigenvalue weighted by molar-refractivity contribution is 1.10. The molecular weight excluding hydrogens is 260 g/mol. The van der Waals surface area contributed by atoms with Gasteiger partial charge in [0.1, 0.15) is 11.4 Å². The lowest BCUT2D eigenvalue weighted by Gasteiger charge is -2.02. The molecule has 0 bridgehead atoms. The fourth-order valence-electron chi connectivity index (χ4n) is 1.78. The van der Waals surface area contributed by atoms with Crippen molar-refractivity contribution >= 4 is 33.3 Å². The van der Waals surface area contributed by atoms with Gasteiger partial charge in [0.2, 0.25) is 0 Å². The van der Waals surface area contributed by atoms with Crippen LogP contribution in [-0.2, 0) is 5.75 Å². The highest BCUT2D eigenvalue weighted by atomic mass is 32.2. The maximum atomic E-state index is 4.40. The summed E-state index contributed by atoms with van der Waals surface area (Å²) in [7, 11) is 0. The van der Waals surface area contributed by atoms with E-state index >= 15 is 0 Å². The van der Waals surface area contributed by atoms with Crippen molar-refractivity contribution in [1.29, 1.82) is 0 Å². The molecule has 18 heavy (non-hydrogen) atoms. The lowest BCUT2D eigenvalue weighted by atomic mass is 10.2. The van der Waals surface area contributed by atoms with Crippen LogP contribution in [0.2, 0.25) is 0 Å². The molecule has 0 spiro atoms. The van der Waals surface area contributed by atoms with Crippen LogP contribution in [0.15, 0.2) is 47.1 Å². The number of hydrogen-bond acceptors (Lipinski definition) is 4. The van der Waals surface area contributed by atoms with Gasteiger partial charge in [0, 0.05) is 5.75 Å². The zero-order valence-corrected chi connectivity index (χ0v) is 11.6. The van der Waals surface area contributed by atoms with Crippen LogP contribution in [0, 0.1) is 6.92 Å². The first kappa shape index (κ1) is 11.7. The molecule has 2 nitrogen and oxygen atoms in total. The summed E-state index contributed by atoms with van der Waals surface area (Å²) >= 11 is 3.51. The molecule has 3 rings (SSSR count). The van der Waals surface area contributed by atoms with Gasteiger partial charge in [-0.15, -0.1) is 23.1 Å². The summed E-state index contributed by atoms with van der Waals surface area (Å²) in [5, 5.41) is 3.23. The molecule has 0 saturated carbocycles. The molecule has 0 unspecified atom stereocenters. The van der Waals surface area contributed by atoms with E-state index in [1.165, 1.54) is 15.8 Å². The Morgan fingerprint density at radius 1 is 1.17 bits per heavy atom. The summed E-state index contributed by atoms with van der Waals surface area (Å²) in [6.45, 7) is 2.09. The lowest BCUT2D eigenvalue weighted by Crippen LogP contribution is -1.85. The largest absolute Gasteiger partial charge is 0.235 e. The van der Waals surface area contributed by atoms with E-state index in [1.54, 1.807) is 29.4 Å². The minimum atomic E-state index is 0.948. The van der Waals surface area contributed by atoms with Crippen LogP contribution >= 0.6 is 23.1 Å². The Kier molecular flexibility index (Phi) is 3.30. The first-order valence-corrected chi connectivity index (χ1v) is 7.56. The summed E-state index contributed by atoms with van der Waals surface area (Å²) < 4.78 is 1.20. The van der Waals surface area contributed by atoms with E-state index in [-0.39, 0.29) is 0 Å². The van der Waals surface area contributed by atoms with Gasteiger partial charge in [0.25, 0.3) is 0 Å². The SMILES string of the molecule is Cc1csc2c(SCc3ccccc3)ncnc12. The van der Waals surface area contributed by atoms with Crippen molar-refractivity contribution in [2.24, 2.45) is 0 Å². The smallest absolute Gasteiger partial charge is 0.118 e. The second-order valence-electron chi connectivity index (χ2n) is 4.05. The third-order valence-corrected chi connectivity index (χ3v) is 5.00. The van der Waals surface area contributed by atoms with Crippen molar-refractivity contribution in [1.82, 2.24) is 9.97 Å². The highest BCUT2D eigenvalue weighted by Gasteiger charge is 2.08. The number of hydrogen-bond donors (Lipinski definition) is 0. The maximum absolute atomic E-state index is 4.40. The summed E-state index contributed by atoms with van der Waals surface area (Å²) in [4.78, 5) is 8.74. The Labute approximate surface area is 114 Å². The first-order valence-electron chi connectivity index (χ1n) is 5.70. The Bertz CT molecular complexity index is 662. The van der Waals surface area contributed by atoms with Gasteiger partial charge in [-0.25, -0.2) is 9.97 Å². The van der Waals surface area contributed by atoms with E-state index in [4.69, 9.17) is 0 Å². The van der Waals surface area contributed by atoms with Gasteiger partial charge in [0.15, 0.2) is 0 Å². The second kappa shape index (κ2) is 5.08. The van der Waals surface area contributed by atoms with Crippen LogP contribution in [0.5, 0.6) is 0 Å². The highest BCUT2D eigenvalue weighted by molar-refractivity contribution is 7.98. The predicted octanol–water partition coefficient (Wildman–Crippen LogP) is 4.29. The van der Waals surface area contributed by atoms with Gasteiger partial charge < -0.3 is 0 Å². The number of aryl methyl sites for hydroxylation is 1. The molecule has 0 aliphatic rings. The molecule has 0 aliphatic carbocycles. The topological polar surface area (TPSA) is 25.8 Å². The molecule has 2 heterocycles. The van der Waals surface area contributed by atoms with Crippen LogP contribution < -0.4 is 0 Å². The van der Waals surface area contributed by atoms with Crippen molar-refractivity contribution < 1.29 is 0 Å². The van der Waals surface area contributed by atoms with Gasteiger partial charge in [-0.3, -0.25) is 0 Å².